The number of hydrogen-bond donors (Lipinski definition) is 3. The molecule has 2 atom stereocenters. The summed E-state index contributed by atoms with van der Waals surface area (Å²) in [4.78, 5) is 15.8. The fraction of sp³-hybridized carbons (Fsp3) is 0.857. The Bertz CT molecular complexity index is 441. The van der Waals surface area contributed by atoms with Gasteiger partial charge in [0.15, 0.2) is 5.96 Å². The van der Waals surface area contributed by atoms with Gasteiger partial charge in [-0.3, -0.25) is 18.8 Å². The van der Waals surface area contributed by atoms with Crippen molar-refractivity contribution in [1.29, 1.82) is 0 Å². The van der Waals surface area contributed by atoms with E-state index in [2.05, 4.69) is 10.1 Å². The smallest absolute Gasteiger partial charge is 0.406 e. The zero-order valence-electron chi connectivity index (χ0n) is 15.0. The van der Waals surface area contributed by atoms with Crippen LogP contribution in [0.3, 0.4) is 0 Å². The number of nitrogens with one attached hydrogen (secondary N) is 1. The highest BCUT2D eigenvalue weighted by molar-refractivity contribution is 7.51. The van der Waals surface area contributed by atoms with Crippen LogP contribution in [0.15, 0.2) is 4.99 Å². The Balaban J connectivity index is 4.90. The first-order valence-corrected chi connectivity index (χ1v) is 9.62. The molecule has 5 N–H and O–H groups in total. The van der Waals surface area contributed by atoms with E-state index in [0.717, 1.165) is 12.8 Å². The summed E-state index contributed by atoms with van der Waals surface area (Å²) in [6.07, 6.45) is 2.12. The summed E-state index contributed by atoms with van der Waals surface area (Å²) < 4.78 is 28.4. The zero-order chi connectivity index (χ0) is 18.6. The number of carbonyl (C=O) groups excluding carboxylic acids is 1. The van der Waals surface area contributed by atoms with Crippen LogP contribution in [0.5, 0.6) is 0 Å². The Kier molecular flexibility index (Phi) is 11.7. The number of rotatable bonds is 13. The van der Waals surface area contributed by atoms with Crippen LogP contribution in [0.2, 0.25) is 0 Å². The number of unbranched alkanes of at least 4 members (excludes halogenated alkanes) is 1. The number of carbonyl (C=O) groups is 1. The van der Waals surface area contributed by atoms with Gasteiger partial charge >= 0.3 is 13.7 Å². The predicted molar refractivity (Wildman–Crippen MR) is 93.5 cm³/mol. The van der Waals surface area contributed by atoms with Gasteiger partial charge in [-0.1, -0.05) is 13.3 Å². The van der Waals surface area contributed by atoms with Crippen molar-refractivity contribution in [3.05, 3.63) is 0 Å². The van der Waals surface area contributed by atoms with E-state index in [9.17, 15) is 9.36 Å². The highest BCUT2D eigenvalue weighted by Gasteiger charge is 2.33. The van der Waals surface area contributed by atoms with E-state index >= 15 is 0 Å². The maximum Gasteiger partial charge on any atom is 0.406 e. The van der Waals surface area contributed by atoms with Crippen LogP contribution >= 0.6 is 7.75 Å². The zero-order valence-corrected chi connectivity index (χ0v) is 15.9. The summed E-state index contributed by atoms with van der Waals surface area (Å²) in [7, 11) is -2.37. The van der Waals surface area contributed by atoms with Gasteiger partial charge in [-0.25, -0.2) is 9.65 Å². The second-order valence-electron chi connectivity index (χ2n) is 5.49. The third-order valence-electron chi connectivity index (χ3n) is 2.85. The number of aliphatic imine (C=N–C) groups is 1. The maximum absolute atomic E-state index is 12.8. The SMILES string of the molecule is CCCCOP(=O)(N[C@@H](CCCN=C(N)N)C(=O)OC)OC(C)C. The molecule has 0 aromatic heterocycles. The van der Waals surface area contributed by atoms with E-state index in [-0.39, 0.29) is 18.7 Å². The molecule has 0 rings (SSSR count). The summed E-state index contributed by atoms with van der Waals surface area (Å²) in [5.41, 5.74) is 10.5. The first-order chi connectivity index (χ1) is 11.2. The average Bonchev–Trinajstić information content (AvgIpc) is 2.48. The summed E-state index contributed by atoms with van der Waals surface area (Å²) in [6.45, 7) is 6.09. The molecule has 142 valence electrons. The summed E-state index contributed by atoms with van der Waals surface area (Å²) >= 11 is 0. The van der Waals surface area contributed by atoms with Gasteiger partial charge in [0.05, 0.1) is 19.8 Å². The van der Waals surface area contributed by atoms with Crippen LogP contribution in [-0.4, -0.2) is 44.3 Å². The number of esters is 1. The number of guanidine groups is 1. The largest absolute Gasteiger partial charge is 0.468 e. The van der Waals surface area contributed by atoms with E-state index in [1.165, 1.54) is 7.11 Å². The Morgan fingerprint density at radius 2 is 1.96 bits per heavy atom. The Morgan fingerprint density at radius 3 is 2.46 bits per heavy atom. The Labute approximate surface area is 144 Å². The molecule has 0 fully saturated rings. The van der Waals surface area contributed by atoms with Crippen molar-refractivity contribution >= 4 is 19.7 Å². The molecule has 0 saturated heterocycles. The summed E-state index contributed by atoms with van der Waals surface area (Å²) in [6, 6.07) is -0.838. The van der Waals surface area contributed by atoms with Gasteiger partial charge in [0, 0.05) is 6.54 Å². The Hall–Kier alpha value is -1.15. The van der Waals surface area contributed by atoms with E-state index in [1.54, 1.807) is 13.8 Å². The van der Waals surface area contributed by atoms with Crippen molar-refractivity contribution in [2.75, 3.05) is 20.3 Å². The molecule has 0 amide bonds. The second-order valence-corrected chi connectivity index (χ2v) is 7.21. The van der Waals surface area contributed by atoms with Crippen molar-refractivity contribution in [2.45, 2.75) is 58.6 Å². The monoisotopic (exact) mass is 366 g/mol. The maximum atomic E-state index is 12.8. The minimum atomic E-state index is -3.63. The topological polar surface area (TPSA) is 138 Å². The minimum Gasteiger partial charge on any atom is -0.468 e. The lowest BCUT2D eigenvalue weighted by Gasteiger charge is -2.25. The molecule has 0 aromatic carbocycles. The number of nitrogens with zero attached hydrogens (tertiary/aromatic N) is 1. The van der Waals surface area contributed by atoms with Crippen LogP contribution in [0.1, 0.15) is 46.5 Å². The Morgan fingerprint density at radius 1 is 1.29 bits per heavy atom. The van der Waals surface area contributed by atoms with Gasteiger partial charge in [0.25, 0.3) is 0 Å². The number of nitrogens with two attached hydrogens (primary N) is 2. The molecule has 0 aromatic rings. The van der Waals surface area contributed by atoms with Gasteiger partial charge in [-0.15, -0.1) is 0 Å². The van der Waals surface area contributed by atoms with Crippen LogP contribution in [0.25, 0.3) is 0 Å². The van der Waals surface area contributed by atoms with Crippen molar-refractivity contribution < 1.29 is 23.1 Å². The van der Waals surface area contributed by atoms with Crippen LogP contribution in [-0.2, 0) is 23.1 Å². The quantitative estimate of drug-likeness (QED) is 0.147. The predicted octanol–water partition coefficient (Wildman–Crippen LogP) is 1.52. The molecule has 0 aliphatic rings. The minimum absolute atomic E-state index is 0.0192. The van der Waals surface area contributed by atoms with E-state index in [4.69, 9.17) is 25.3 Å². The number of hydrogen-bond acceptors (Lipinski definition) is 6. The molecule has 1 unspecified atom stereocenters. The molecule has 0 spiro atoms. The van der Waals surface area contributed by atoms with Crippen LogP contribution in [0, 0.1) is 0 Å². The van der Waals surface area contributed by atoms with Crippen molar-refractivity contribution in [2.24, 2.45) is 16.5 Å². The van der Waals surface area contributed by atoms with Crippen molar-refractivity contribution in [1.82, 2.24) is 5.09 Å². The van der Waals surface area contributed by atoms with E-state index in [0.29, 0.717) is 19.4 Å². The van der Waals surface area contributed by atoms with Gasteiger partial charge in [0.2, 0.25) is 0 Å². The third-order valence-corrected chi connectivity index (χ3v) is 4.70. The molecule has 0 heterocycles. The molecule has 0 bridgehead atoms. The fourth-order valence-electron chi connectivity index (χ4n) is 1.78. The normalized spacial score (nSPS) is 14.9. The van der Waals surface area contributed by atoms with E-state index < -0.39 is 19.8 Å². The van der Waals surface area contributed by atoms with Crippen molar-refractivity contribution in [3.8, 4) is 0 Å². The second kappa shape index (κ2) is 12.2. The summed E-state index contributed by atoms with van der Waals surface area (Å²) in [5.74, 6) is -0.569. The molecular formula is C14H31N4O5P. The van der Waals surface area contributed by atoms with Gasteiger partial charge in [-0.2, -0.15) is 0 Å². The molecule has 0 saturated carbocycles. The average molecular weight is 366 g/mol. The molecule has 0 radical (unpaired) electrons. The first kappa shape index (κ1) is 22.9. The first-order valence-electron chi connectivity index (χ1n) is 8.08. The molecule has 0 aliphatic heterocycles. The lowest BCUT2D eigenvalue weighted by Crippen LogP contribution is -2.37. The molecular weight excluding hydrogens is 335 g/mol. The number of methoxy groups -OCH3 is 1. The third kappa shape index (κ3) is 10.6. The molecule has 9 nitrogen and oxygen atoms in total. The molecule has 10 heteroatoms. The molecule has 0 aliphatic carbocycles. The summed E-state index contributed by atoms with van der Waals surface area (Å²) in [5, 5.41) is 2.69. The fourth-order valence-corrected chi connectivity index (χ4v) is 3.51. The standard InChI is InChI=1S/C14H31N4O5P/c1-5-6-10-22-24(20,23-11(2)3)18-12(13(19)21-4)8-7-9-17-14(15)16/h11-12H,5-10H2,1-4H3,(H,18,20)(H4,15,16,17)/t12-,24?/m0/s1. The highest BCUT2D eigenvalue weighted by Crippen LogP contribution is 2.46. The number of ether oxygens (including phenoxy) is 1. The van der Waals surface area contributed by atoms with Gasteiger partial charge in [-0.05, 0) is 33.1 Å². The van der Waals surface area contributed by atoms with E-state index in [1.807, 2.05) is 6.92 Å². The van der Waals surface area contributed by atoms with Crippen LogP contribution in [0.4, 0.5) is 0 Å². The van der Waals surface area contributed by atoms with Gasteiger partial charge < -0.3 is 16.2 Å². The lowest BCUT2D eigenvalue weighted by molar-refractivity contribution is -0.143. The highest BCUT2D eigenvalue weighted by atomic mass is 31.2. The lowest BCUT2D eigenvalue weighted by atomic mass is 10.2. The van der Waals surface area contributed by atoms with Crippen LogP contribution < -0.4 is 16.6 Å². The van der Waals surface area contributed by atoms with Gasteiger partial charge in [0.1, 0.15) is 6.04 Å². The van der Waals surface area contributed by atoms with Crippen molar-refractivity contribution in [3.63, 3.8) is 0 Å². The molecule has 24 heavy (non-hydrogen) atoms.